The molecule has 126 valence electrons. The molecule has 0 amide bonds. The van der Waals surface area contributed by atoms with E-state index in [1.165, 1.54) is 0 Å². The lowest BCUT2D eigenvalue weighted by molar-refractivity contribution is 0.477. The van der Waals surface area contributed by atoms with Crippen LogP contribution in [0.25, 0.3) is 21.5 Å². The van der Waals surface area contributed by atoms with Crippen molar-refractivity contribution in [3.8, 4) is 5.75 Å². The van der Waals surface area contributed by atoms with Gasteiger partial charge in [0.1, 0.15) is 11.4 Å². The Morgan fingerprint density at radius 1 is 0.615 bits per heavy atom. The molecule has 0 heterocycles. The predicted octanol–water partition coefficient (Wildman–Crippen LogP) is 6.83. The van der Waals surface area contributed by atoms with Gasteiger partial charge < -0.3 is 5.11 Å². The molecular formula is C21H16N4O. The van der Waals surface area contributed by atoms with Gasteiger partial charge in [0.2, 0.25) is 0 Å². The second-order valence-electron chi connectivity index (χ2n) is 5.80. The van der Waals surface area contributed by atoms with Crippen LogP contribution in [0.2, 0.25) is 0 Å². The monoisotopic (exact) mass is 340 g/mol. The standard InChI is InChI=1S/C21H16N4O/c1-22-23-18-11-12-19(17-9-5-4-8-16(17)18)24-25-21-15-7-3-2-6-14(15)10-13-20(21)26/h2-13,26H,1H3/b23-22+,25-24+. The first-order valence-corrected chi connectivity index (χ1v) is 8.22. The highest BCUT2D eigenvalue weighted by molar-refractivity contribution is 6.00. The SMILES string of the molecule is C/N=N/c1ccc(/N=N/c2c(O)ccc3ccccc23)c2ccccc12. The Labute approximate surface area is 150 Å². The predicted molar refractivity (Wildman–Crippen MR) is 104 cm³/mol. The summed E-state index contributed by atoms with van der Waals surface area (Å²) in [6.07, 6.45) is 0. The lowest BCUT2D eigenvalue weighted by atomic mass is 10.1. The molecule has 0 spiro atoms. The van der Waals surface area contributed by atoms with Gasteiger partial charge in [0, 0.05) is 23.2 Å². The highest BCUT2D eigenvalue weighted by Gasteiger charge is 2.08. The normalized spacial score (nSPS) is 11.9. The minimum absolute atomic E-state index is 0.105. The van der Waals surface area contributed by atoms with Crippen LogP contribution in [0, 0.1) is 0 Å². The summed E-state index contributed by atoms with van der Waals surface area (Å²) in [4.78, 5) is 0. The van der Waals surface area contributed by atoms with Gasteiger partial charge in [0.15, 0.2) is 0 Å². The molecule has 4 aromatic carbocycles. The maximum atomic E-state index is 10.2. The summed E-state index contributed by atoms with van der Waals surface area (Å²) >= 11 is 0. The zero-order valence-electron chi connectivity index (χ0n) is 14.2. The molecule has 26 heavy (non-hydrogen) atoms. The van der Waals surface area contributed by atoms with E-state index in [9.17, 15) is 5.11 Å². The van der Waals surface area contributed by atoms with Gasteiger partial charge in [-0.1, -0.05) is 54.6 Å². The summed E-state index contributed by atoms with van der Waals surface area (Å²) in [5, 5.41) is 30.8. The molecule has 5 nitrogen and oxygen atoms in total. The molecule has 0 aliphatic carbocycles. The summed E-state index contributed by atoms with van der Waals surface area (Å²) in [6, 6.07) is 22.9. The molecule has 0 aliphatic rings. The summed E-state index contributed by atoms with van der Waals surface area (Å²) in [7, 11) is 1.64. The van der Waals surface area contributed by atoms with Crippen molar-refractivity contribution in [2.45, 2.75) is 0 Å². The Hall–Kier alpha value is -3.60. The van der Waals surface area contributed by atoms with E-state index in [4.69, 9.17) is 0 Å². The first-order valence-electron chi connectivity index (χ1n) is 8.22. The quantitative estimate of drug-likeness (QED) is 0.408. The van der Waals surface area contributed by atoms with E-state index in [0.29, 0.717) is 11.4 Å². The third-order valence-corrected chi connectivity index (χ3v) is 4.22. The fraction of sp³-hybridized carbons (Fsp3) is 0.0476. The van der Waals surface area contributed by atoms with Gasteiger partial charge in [-0.2, -0.15) is 10.2 Å². The Balaban J connectivity index is 1.86. The maximum Gasteiger partial charge on any atom is 0.143 e. The average Bonchev–Trinajstić information content (AvgIpc) is 2.68. The zero-order chi connectivity index (χ0) is 17.9. The van der Waals surface area contributed by atoms with Gasteiger partial charge in [0.25, 0.3) is 0 Å². The molecule has 0 saturated carbocycles. The summed E-state index contributed by atoms with van der Waals surface area (Å²) < 4.78 is 0. The molecule has 5 heteroatoms. The molecule has 0 atom stereocenters. The molecule has 0 aromatic heterocycles. The number of fused-ring (bicyclic) bond motifs is 2. The fourth-order valence-corrected chi connectivity index (χ4v) is 3.00. The second kappa shape index (κ2) is 6.72. The number of hydrogen-bond donors (Lipinski definition) is 1. The summed E-state index contributed by atoms with van der Waals surface area (Å²) in [6.45, 7) is 0. The highest BCUT2D eigenvalue weighted by atomic mass is 16.3. The van der Waals surface area contributed by atoms with E-state index in [-0.39, 0.29) is 5.75 Å². The molecule has 0 fully saturated rings. The average molecular weight is 340 g/mol. The van der Waals surface area contributed by atoms with Crippen LogP contribution in [0.5, 0.6) is 5.75 Å². The molecule has 0 radical (unpaired) electrons. The number of rotatable bonds is 3. The van der Waals surface area contributed by atoms with E-state index in [1.54, 1.807) is 13.1 Å². The van der Waals surface area contributed by atoms with Gasteiger partial charge >= 0.3 is 0 Å². The first kappa shape index (κ1) is 15.9. The van der Waals surface area contributed by atoms with E-state index in [1.807, 2.05) is 66.7 Å². The van der Waals surface area contributed by atoms with Crippen LogP contribution in [-0.4, -0.2) is 12.2 Å². The maximum absolute atomic E-state index is 10.2. The molecule has 0 saturated heterocycles. The highest BCUT2D eigenvalue weighted by Crippen LogP contribution is 2.38. The lowest BCUT2D eigenvalue weighted by Gasteiger charge is -2.05. The van der Waals surface area contributed by atoms with Gasteiger partial charge in [-0.25, -0.2) is 0 Å². The van der Waals surface area contributed by atoms with Crippen molar-refractivity contribution >= 4 is 38.6 Å². The second-order valence-corrected chi connectivity index (χ2v) is 5.80. The number of hydrogen-bond acceptors (Lipinski definition) is 5. The van der Waals surface area contributed by atoms with Crippen molar-refractivity contribution in [1.29, 1.82) is 0 Å². The number of nitrogens with zero attached hydrogens (tertiary/aromatic N) is 4. The van der Waals surface area contributed by atoms with Crippen LogP contribution in [0.15, 0.2) is 93.3 Å². The van der Waals surface area contributed by atoms with E-state index in [0.717, 1.165) is 27.2 Å². The third kappa shape index (κ3) is 2.80. The fourth-order valence-electron chi connectivity index (χ4n) is 3.00. The van der Waals surface area contributed by atoms with Crippen molar-refractivity contribution < 1.29 is 5.11 Å². The van der Waals surface area contributed by atoms with Crippen molar-refractivity contribution in [2.24, 2.45) is 20.5 Å². The molecule has 1 N–H and O–H groups in total. The molecule has 0 unspecified atom stereocenters. The topological polar surface area (TPSA) is 69.7 Å². The number of benzene rings is 4. The number of azo groups is 2. The molecule has 0 aliphatic heterocycles. The molecule has 4 aromatic rings. The molecular weight excluding hydrogens is 324 g/mol. The van der Waals surface area contributed by atoms with Crippen LogP contribution in [0.3, 0.4) is 0 Å². The van der Waals surface area contributed by atoms with Crippen molar-refractivity contribution in [2.75, 3.05) is 7.05 Å². The van der Waals surface area contributed by atoms with Crippen molar-refractivity contribution in [1.82, 2.24) is 0 Å². The van der Waals surface area contributed by atoms with E-state index >= 15 is 0 Å². The smallest absolute Gasteiger partial charge is 0.143 e. The minimum atomic E-state index is 0.105. The third-order valence-electron chi connectivity index (χ3n) is 4.22. The van der Waals surface area contributed by atoms with Crippen LogP contribution < -0.4 is 0 Å². The molecule has 4 rings (SSSR count). The van der Waals surface area contributed by atoms with Gasteiger partial charge in [-0.3, -0.25) is 0 Å². The van der Waals surface area contributed by atoms with Crippen LogP contribution in [0.4, 0.5) is 17.1 Å². The van der Waals surface area contributed by atoms with Crippen LogP contribution >= 0.6 is 0 Å². The number of phenols is 1. The minimum Gasteiger partial charge on any atom is -0.506 e. The van der Waals surface area contributed by atoms with Gasteiger partial charge in [-0.15, -0.1) is 10.2 Å². The Bertz CT molecular complexity index is 1170. The van der Waals surface area contributed by atoms with E-state index in [2.05, 4.69) is 20.5 Å². The van der Waals surface area contributed by atoms with Gasteiger partial charge in [0.05, 0.1) is 11.4 Å². The Morgan fingerprint density at radius 2 is 1.23 bits per heavy atom. The summed E-state index contributed by atoms with van der Waals surface area (Å²) in [5.41, 5.74) is 1.96. The van der Waals surface area contributed by atoms with Crippen LogP contribution in [0.1, 0.15) is 0 Å². The number of phenolic OH excluding ortho intramolecular Hbond substituents is 1. The number of aromatic hydroxyl groups is 1. The lowest BCUT2D eigenvalue weighted by Crippen LogP contribution is -1.76. The van der Waals surface area contributed by atoms with Crippen LogP contribution in [-0.2, 0) is 0 Å². The first-order chi connectivity index (χ1) is 12.8. The van der Waals surface area contributed by atoms with Crippen molar-refractivity contribution in [3.05, 3.63) is 72.8 Å². The molecule has 0 bridgehead atoms. The van der Waals surface area contributed by atoms with Gasteiger partial charge in [-0.05, 0) is 23.6 Å². The Kier molecular flexibility index (Phi) is 4.11. The Morgan fingerprint density at radius 3 is 1.92 bits per heavy atom. The van der Waals surface area contributed by atoms with Crippen molar-refractivity contribution in [3.63, 3.8) is 0 Å². The zero-order valence-corrected chi connectivity index (χ0v) is 14.2. The summed E-state index contributed by atoms with van der Waals surface area (Å²) in [5.74, 6) is 0.105. The largest absolute Gasteiger partial charge is 0.506 e. The van der Waals surface area contributed by atoms with E-state index < -0.39 is 0 Å².